The van der Waals surface area contributed by atoms with Gasteiger partial charge in [0.15, 0.2) is 5.65 Å². The van der Waals surface area contributed by atoms with E-state index in [1.165, 1.54) is 0 Å². The molecule has 10 heteroatoms. The number of halogens is 1. The zero-order valence-corrected chi connectivity index (χ0v) is 19.9. The number of rotatable bonds is 3. The highest BCUT2D eigenvalue weighted by Crippen LogP contribution is 2.24. The average Bonchev–Trinajstić information content (AvgIpc) is 2.74. The van der Waals surface area contributed by atoms with Crippen LogP contribution in [0.3, 0.4) is 0 Å². The number of anilines is 4. The summed E-state index contributed by atoms with van der Waals surface area (Å²) in [5.74, 6) is 0.837. The van der Waals surface area contributed by atoms with E-state index in [4.69, 9.17) is 10.5 Å². The Morgan fingerprint density at radius 3 is 2.47 bits per heavy atom. The summed E-state index contributed by atoms with van der Waals surface area (Å²) in [7, 11) is 0. The minimum Gasteiger partial charge on any atom is -0.444 e. The number of benzene rings is 1. The Morgan fingerprint density at radius 2 is 1.81 bits per heavy atom. The summed E-state index contributed by atoms with van der Waals surface area (Å²) in [6.45, 7) is 8.41. The molecule has 1 amide bonds. The van der Waals surface area contributed by atoms with E-state index in [2.05, 4.69) is 41.1 Å². The molecule has 1 fully saturated rings. The van der Waals surface area contributed by atoms with Crippen molar-refractivity contribution in [3.8, 4) is 0 Å². The van der Waals surface area contributed by atoms with Crippen molar-refractivity contribution in [2.75, 3.05) is 42.1 Å². The molecule has 3 heterocycles. The maximum Gasteiger partial charge on any atom is 0.410 e. The number of piperazine rings is 1. The Bertz CT molecular complexity index is 1120. The standard InChI is InChI=1S/C22H26BrN7O2/c1-22(2,3)32-21(31)30-10-8-29(9-11-30)16-6-4-15(5-7-16)26-20-25-13-14-12-17(23)18(24)27-19(14)28-20/h4-7,12-13H,8-11H2,1-3H3,(H3,24,25,26,27,28). The largest absolute Gasteiger partial charge is 0.444 e. The molecule has 0 bridgehead atoms. The fourth-order valence-corrected chi connectivity index (χ4v) is 3.71. The second-order valence-corrected chi connectivity index (χ2v) is 9.44. The van der Waals surface area contributed by atoms with Crippen molar-refractivity contribution in [3.63, 3.8) is 0 Å². The van der Waals surface area contributed by atoms with Crippen molar-refractivity contribution < 1.29 is 9.53 Å². The van der Waals surface area contributed by atoms with E-state index in [1.54, 1.807) is 11.1 Å². The first-order valence-electron chi connectivity index (χ1n) is 10.4. The number of pyridine rings is 1. The van der Waals surface area contributed by atoms with Crippen LogP contribution in [0.4, 0.5) is 27.9 Å². The molecule has 4 rings (SSSR count). The monoisotopic (exact) mass is 499 g/mol. The van der Waals surface area contributed by atoms with E-state index in [0.29, 0.717) is 30.5 Å². The zero-order valence-electron chi connectivity index (χ0n) is 18.3. The summed E-state index contributed by atoms with van der Waals surface area (Å²) in [4.78, 5) is 29.3. The lowest BCUT2D eigenvalue weighted by molar-refractivity contribution is 0.0240. The molecule has 1 aliphatic rings. The van der Waals surface area contributed by atoms with Gasteiger partial charge in [0.25, 0.3) is 0 Å². The highest BCUT2D eigenvalue weighted by molar-refractivity contribution is 9.10. The van der Waals surface area contributed by atoms with Gasteiger partial charge in [-0.25, -0.2) is 14.8 Å². The highest BCUT2D eigenvalue weighted by Gasteiger charge is 2.25. The Hall–Kier alpha value is -3.14. The van der Waals surface area contributed by atoms with Crippen LogP contribution in [0.1, 0.15) is 20.8 Å². The molecule has 0 aliphatic carbocycles. The van der Waals surface area contributed by atoms with Crippen LogP contribution in [0.2, 0.25) is 0 Å². The van der Waals surface area contributed by atoms with Crippen LogP contribution in [0, 0.1) is 0 Å². The van der Waals surface area contributed by atoms with Crippen molar-refractivity contribution in [1.29, 1.82) is 0 Å². The van der Waals surface area contributed by atoms with Crippen LogP contribution in [0.15, 0.2) is 41.0 Å². The first-order valence-corrected chi connectivity index (χ1v) is 11.2. The van der Waals surface area contributed by atoms with Crippen molar-refractivity contribution in [1.82, 2.24) is 19.9 Å². The number of hydrogen-bond donors (Lipinski definition) is 2. The van der Waals surface area contributed by atoms with Crippen LogP contribution in [0.5, 0.6) is 0 Å². The van der Waals surface area contributed by atoms with Gasteiger partial charge >= 0.3 is 6.09 Å². The quantitative estimate of drug-likeness (QED) is 0.552. The van der Waals surface area contributed by atoms with Gasteiger partial charge in [-0.2, -0.15) is 4.98 Å². The lowest BCUT2D eigenvalue weighted by atomic mass is 10.2. The molecule has 0 saturated carbocycles. The minimum atomic E-state index is -0.481. The molecule has 3 N–H and O–H groups in total. The zero-order chi connectivity index (χ0) is 22.9. The fourth-order valence-electron chi connectivity index (χ4n) is 3.37. The maximum atomic E-state index is 12.2. The number of nitrogens with zero attached hydrogens (tertiary/aromatic N) is 5. The molecule has 0 unspecified atom stereocenters. The third kappa shape index (κ3) is 5.18. The van der Waals surface area contributed by atoms with Crippen LogP contribution >= 0.6 is 15.9 Å². The van der Waals surface area contributed by atoms with E-state index in [1.807, 2.05) is 51.1 Å². The molecule has 0 atom stereocenters. The molecule has 32 heavy (non-hydrogen) atoms. The van der Waals surface area contributed by atoms with Gasteiger partial charge in [0.1, 0.15) is 11.4 Å². The molecule has 0 radical (unpaired) electrons. The molecule has 1 aliphatic heterocycles. The Labute approximate surface area is 195 Å². The molecule has 168 valence electrons. The molecule has 0 spiro atoms. The maximum absolute atomic E-state index is 12.2. The Morgan fingerprint density at radius 1 is 1.12 bits per heavy atom. The molecule has 1 aromatic carbocycles. The van der Waals surface area contributed by atoms with Gasteiger partial charge in [-0.3, -0.25) is 0 Å². The molecular formula is C22H26BrN7O2. The molecule has 9 nitrogen and oxygen atoms in total. The predicted octanol–water partition coefficient (Wildman–Crippen LogP) is 4.17. The number of carbonyl (C=O) groups is 1. The summed E-state index contributed by atoms with van der Waals surface area (Å²) in [6, 6.07) is 9.89. The van der Waals surface area contributed by atoms with Gasteiger partial charge in [0, 0.05) is 49.1 Å². The van der Waals surface area contributed by atoms with E-state index in [-0.39, 0.29) is 6.09 Å². The molecular weight excluding hydrogens is 474 g/mol. The van der Waals surface area contributed by atoms with E-state index < -0.39 is 5.60 Å². The predicted molar refractivity (Wildman–Crippen MR) is 129 cm³/mol. The highest BCUT2D eigenvalue weighted by atomic mass is 79.9. The summed E-state index contributed by atoms with van der Waals surface area (Å²) in [6.07, 6.45) is 1.45. The van der Waals surface area contributed by atoms with Crippen LogP contribution in [-0.2, 0) is 4.74 Å². The number of nitrogens with two attached hydrogens (primary N) is 1. The molecule has 3 aromatic rings. The molecule has 1 saturated heterocycles. The normalized spacial score (nSPS) is 14.5. The van der Waals surface area contributed by atoms with Gasteiger partial charge in [-0.15, -0.1) is 0 Å². The van der Waals surface area contributed by atoms with E-state index in [0.717, 1.165) is 34.3 Å². The lowest BCUT2D eigenvalue weighted by Gasteiger charge is -2.36. The number of ether oxygens (including phenoxy) is 1. The van der Waals surface area contributed by atoms with Crippen molar-refractivity contribution >= 4 is 56.2 Å². The van der Waals surface area contributed by atoms with Gasteiger partial charge in [0.2, 0.25) is 5.95 Å². The Balaban J connectivity index is 1.37. The number of nitrogen functional groups attached to an aromatic ring is 1. The third-order valence-corrected chi connectivity index (χ3v) is 5.60. The fraction of sp³-hybridized carbons (Fsp3) is 0.364. The Kier molecular flexibility index (Phi) is 6.05. The first-order chi connectivity index (χ1) is 15.2. The number of nitrogens with one attached hydrogen (secondary N) is 1. The summed E-state index contributed by atoms with van der Waals surface area (Å²) < 4.78 is 6.18. The van der Waals surface area contributed by atoms with Crippen LogP contribution in [0.25, 0.3) is 11.0 Å². The van der Waals surface area contributed by atoms with Crippen molar-refractivity contribution in [2.24, 2.45) is 0 Å². The number of amides is 1. The van der Waals surface area contributed by atoms with Crippen molar-refractivity contribution in [3.05, 3.63) is 41.0 Å². The second-order valence-electron chi connectivity index (χ2n) is 8.59. The van der Waals surface area contributed by atoms with Gasteiger partial charge in [-0.05, 0) is 67.0 Å². The van der Waals surface area contributed by atoms with E-state index >= 15 is 0 Å². The average molecular weight is 500 g/mol. The number of fused-ring (bicyclic) bond motifs is 1. The number of aromatic nitrogens is 3. The number of carbonyl (C=O) groups excluding carboxylic acids is 1. The van der Waals surface area contributed by atoms with Crippen LogP contribution in [-0.4, -0.2) is 57.7 Å². The summed E-state index contributed by atoms with van der Waals surface area (Å²) in [5, 5.41) is 4.00. The van der Waals surface area contributed by atoms with Gasteiger partial charge < -0.3 is 25.6 Å². The second kappa shape index (κ2) is 8.78. The van der Waals surface area contributed by atoms with Crippen LogP contribution < -0.4 is 16.0 Å². The first kappa shape index (κ1) is 22.1. The topological polar surface area (TPSA) is 110 Å². The van der Waals surface area contributed by atoms with Crippen molar-refractivity contribution in [2.45, 2.75) is 26.4 Å². The van der Waals surface area contributed by atoms with Gasteiger partial charge in [0.05, 0.1) is 4.47 Å². The van der Waals surface area contributed by atoms with Gasteiger partial charge in [-0.1, -0.05) is 0 Å². The summed E-state index contributed by atoms with van der Waals surface area (Å²) in [5.41, 5.74) is 7.87. The number of hydrogen-bond acceptors (Lipinski definition) is 8. The summed E-state index contributed by atoms with van der Waals surface area (Å²) >= 11 is 3.36. The SMILES string of the molecule is CC(C)(C)OC(=O)N1CCN(c2ccc(Nc3ncc4cc(Br)c(N)nc4n3)cc2)CC1. The van der Waals surface area contributed by atoms with E-state index in [9.17, 15) is 4.79 Å². The smallest absolute Gasteiger partial charge is 0.410 e. The minimum absolute atomic E-state index is 0.254. The lowest BCUT2D eigenvalue weighted by Crippen LogP contribution is -2.50. The molecule has 2 aromatic heterocycles. The third-order valence-electron chi connectivity index (χ3n) is 4.97.